The lowest BCUT2D eigenvalue weighted by Gasteiger charge is -2.09. The van der Waals surface area contributed by atoms with Gasteiger partial charge in [-0.15, -0.1) is 0 Å². The van der Waals surface area contributed by atoms with Gasteiger partial charge >= 0.3 is 0 Å². The van der Waals surface area contributed by atoms with Crippen LogP contribution in [0.4, 0.5) is 0 Å². The number of hydrogen-bond donors (Lipinski definition) is 1. The Labute approximate surface area is 75.2 Å². The first kappa shape index (κ1) is 11.9. The fourth-order valence-corrected chi connectivity index (χ4v) is 1.05. The molecule has 0 aromatic heterocycles. The van der Waals surface area contributed by atoms with Gasteiger partial charge in [-0.1, -0.05) is 0 Å². The Morgan fingerprint density at radius 2 is 2.08 bits per heavy atom. The Kier molecular flexibility index (Phi) is 8.88. The lowest BCUT2D eigenvalue weighted by Crippen LogP contribution is -2.25. The monoisotopic (exact) mass is 175 g/mol. The highest BCUT2D eigenvalue weighted by Gasteiger charge is 2.00. The standard InChI is InChI=1S/C9H21NO2/c1-3-12-7-5-4-6-9(10)8-11-2/h9H,3-8,10H2,1-2H3. The first-order valence-electron chi connectivity index (χ1n) is 4.63. The third-order valence-electron chi connectivity index (χ3n) is 1.70. The van der Waals surface area contributed by atoms with E-state index in [1.165, 1.54) is 0 Å². The van der Waals surface area contributed by atoms with Crippen LogP contribution in [0.15, 0.2) is 0 Å². The van der Waals surface area contributed by atoms with E-state index < -0.39 is 0 Å². The summed E-state index contributed by atoms with van der Waals surface area (Å²) in [7, 11) is 1.68. The Hall–Kier alpha value is -0.120. The zero-order valence-electron chi connectivity index (χ0n) is 8.21. The molecule has 0 rings (SSSR count). The molecule has 0 aliphatic carbocycles. The largest absolute Gasteiger partial charge is 0.383 e. The first-order chi connectivity index (χ1) is 5.81. The van der Waals surface area contributed by atoms with Crippen molar-refractivity contribution in [2.24, 2.45) is 5.73 Å². The Morgan fingerprint density at radius 1 is 1.33 bits per heavy atom. The van der Waals surface area contributed by atoms with Gasteiger partial charge in [-0.25, -0.2) is 0 Å². The van der Waals surface area contributed by atoms with Crippen molar-refractivity contribution in [3.05, 3.63) is 0 Å². The van der Waals surface area contributed by atoms with Crippen LogP contribution in [0.25, 0.3) is 0 Å². The minimum Gasteiger partial charge on any atom is -0.383 e. The second-order valence-corrected chi connectivity index (χ2v) is 2.91. The van der Waals surface area contributed by atoms with Gasteiger partial charge in [0.2, 0.25) is 0 Å². The summed E-state index contributed by atoms with van der Waals surface area (Å²) in [6.07, 6.45) is 3.26. The van der Waals surface area contributed by atoms with Gasteiger partial charge in [-0.05, 0) is 26.2 Å². The molecule has 0 fully saturated rings. The van der Waals surface area contributed by atoms with Crippen LogP contribution in [0.2, 0.25) is 0 Å². The molecule has 0 heterocycles. The van der Waals surface area contributed by atoms with Gasteiger partial charge in [0.25, 0.3) is 0 Å². The normalized spacial score (nSPS) is 13.2. The minimum absolute atomic E-state index is 0.191. The molecule has 2 N–H and O–H groups in total. The molecule has 0 saturated carbocycles. The molecule has 0 aliphatic heterocycles. The molecular formula is C9H21NO2. The van der Waals surface area contributed by atoms with Crippen molar-refractivity contribution in [1.29, 1.82) is 0 Å². The van der Waals surface area contributed by atoms with Crippen LogP contribution >= 0.6 is 0 Å². The van der Waals surface area contributed by atoms with Crippen molar-refractivity contribution in [3.8, 4) is 0 Å². The summed E-state index contributed by atoms with van der Waals surface area (Å²) in [5, 5.41) is 0. The zero-order chi connectivity index (χ0) is 9.23. The molecule has 0 amide bonds. The summed E-state index contributed by atoms with van der Waals surface area (Å²) in [6.45, 7) is 4.34. The van der Waals surface area contributed by atoms with E-state index in [0.717, 1.165) is 32.5 Å². The highest BCUT2D eigenvalue weighted by molar-refractivity contribution is 4.58. The molecule has 74 valence electrons. The molecule has 0 aromatic carbocycles. The van der Waals surface area contributed by atoms with Crippen LogP contribution in [0.1, 0.15) is 26.2 Å². The van der Waals surface area contributed by atoms with Crippen LogP contribution in [-0.4, -0.2) is 33.0 Å². The van der Waals surface area contributed by atoms with Crippen LogP contribution in [0.5, 0.6) is 0 Å². The molecule has 0 radical (unpaired) electrons. The van der Waals surface area contributed by atoms with E-state index in [9.17, 15) is 0 Å². The molecule has 12 heavy (non-hydrogen) atoms. The third kappa shape index (κ3) is 7.98. The maximum Gasteiger partial charge on any atom is 0.0613 e. The highest BCUT2D eigenvalue weighted by Crippen LogP contribution is 1.99. The molecule has 3 nitrogen and oxygen atoms in total. The maximum atomic E-state index is 5.73. The van der Waals surface area contributed by atoms with Crippen molar-refractivity contribution >= 4 is 0 Å². The van der Waals surface area contributed by atoms with Gasteiger partial charge in [-0.2, -0.15) is 0 Å². The molecular weight excluding hydrogens is 154 g/mol. The number of methoxy groups -OCH3 is 1. The van der Waals surface area contributed by atoms with Gasteiger partial charge in [0.15, 0.2) is 0 Å². The SMILES string of the molecule is CCOCCCCC(N)COC. The molecule has 1 unspecified atom stereocenters. The van der Waals surface area contributed by atoms with E-state index in [-0.39, 0.29) is 6.04 Å². The van der Waals surface area contributed by atoms with Crippen LogP contribution in [0.3, 0.4) is 0 Å². The average Bonchev–Trinajstić information content (AvgIpc) is 2.05. The summed E-state index contributed by atoms with van der Waals surface area (Å²) >= 11 is 0. The highest BCUT2D eigenvalue weighted by atomic mass is 16.5. The average molecular weight is 175 g/mol. The molecule has 3 heteroatoms. The quantitative estimate of drug-likeness (QED) is 0.563. The summed E-state index contributed by atoms with van der Waals surface area (Å²) in [4.78, 5) is 0. The number of ether oxygens (including phenoxy) is 2. The molecule has 0 aromatic rings. The van der Waals surface area contributed by atoms with Gasteiger partial charge in [0, 0.05) is 26.4 Å². The van der Waals surface area contributed by atoms with Crippen LogP contribution in [0, 0.1) is 0 Å². The predicted octanol–water partition coefficient (Wildman–Crippen LogP) is 1.17. The number of unbranched alkanes of at least 4 members (excludes halogenated alkanes) is 1. The van der Waals surface area contributed by atoms with Gasteiger partial charge < -0.3 is 15.2 Å². The second kappa shape index (κ2) is 8.97. The predicted molar refractivity (Wildman–Crippen MR) is 50.2 cm³/mol. The van der Waals surface area contributed by atoms with Crippen molar-refractivity contribution in [1.82, 2.24) is 0 Å². The van der Waals surface area contributed by atoms with Crippen molar-refractivity contribution in [3.63, 3.8) is 0 Å². The van der Waals surface area contributed by atoms with Gasteiger partial charge in [-0.3, -0.25) is 0 Å². The van der Waals surface area contributed by atoms with E-state index in [1.54, 1.807) is 7.11 Å². The summed E-state index contributed by atoms with van der Waals surface area (Å²) in [6, 6.07) is 0.191. The van der Waals surface area contributed by atoms with Gasteiger partial charge in [0.05, 0.1) is 6.61 Å². The second-order valence-electron chi connectivity index (χ2n) is 2.91. The number of hydrogen-bond acceptors (Lipinski definition) is 3. The summed E-state index contributed by atoms with van der Waals surface area (Å²) < 4.78 is 10.1. The molecule has 1 atom stereocenters. The molecule has 0 spiro atoms. The maximum absolute atomic E-state index is 5.73. The van der Waals surface area contributed by atoms with Crippen LogP contribution in [-0.2, 0) is 9.47 Å². The Bertz CT molecular complexity index is 88.6. The van der Waals surface area contributed by atoms with E-state index in [2.05, 4.69) is 0 Å². The number of rotatable bonds is 8. The lowest BCUT2D eigenvalue weighted by molar-refractivity contribution is 0.139. The molecule has 0 aliphatic rings. The van der Waals surface area contributed by atoms with Gasteiger partial charge in [0.1, 0.15) is 0 Å². The minimum atomic E-state index is 0.191. The topological polar surface area (TPSA) is 44.5 Å². The first-order valence-corrected chi connectivity index (χ1v) is 4.63. The smallest absolute Gasteiger partial charge is 0.0613 e. The van der Waals surface area contributed by atoms with Crippen molar-refractivity contribution in [2.45, 2.75) is 32.2 Å². The molecule has 0 bridgehead atoms. The van der Waals surface area contributed by atoms with E-state index in [0.29, 0.717) is 6.61 Å². The number of nitrogens with two attached hydrogens (primary N) is 1. The van der Waals surface area contributed by atoms with Crippen molar-refractivity contribution in [2.75, 3.05) is 26.9 Å². The lowest BCUT2D eigenvalue weighted by atomic mass is 10.1. The van der Waals surface area contributed by atoms with Crippen LogP contribution < -0.4 is 5.73 Å². The fourth-order valence-electron chi connectivity index (χ4n) is 1.05. The van der Waals surface area contributed by atoms with Crippen molar-refractivity contribution < 1.29 is 9.47 Å². The Morgan fingerprint density at radius 3 is 2.67 bits per heavy atom. The van der Waals surface area contributed by atoms with E-state index in [1.807, 2.05) is 6.92 Å². The third-order valence-corrected chi connectivity index (χ3v) is 1.70. The zero-order valence-corrected chi connectivity index (χ0v) is 8.21. The molecule has 0 saturated heterocycles. The Balaban J connectivity index is 2.97. The van der Waals surface area contributed by atoms with E-state index >= 15 is 0 Å². The fraction of sp³-hybridized carbons (Fsp3) is 1.00. The summed E-state index contributed by atoms with van der Waals surface area (Å²) in [5.41, 5.74) is 5.73. The van der Waals surface area contributed by atoms with E-state index in [4.69, 9.17) is 15.2 Å². The summed E-state index contributed by atoms with van der Waals surface area (Å²) in [5.74, 6) is 0.